The summed E-state index contributed by atoms with van der Waals surface area (Å²) in [5.74, 6) is 1.17. The summed E-state index contributed by atoms with van der Waals surface area (Å²) in [6.07, 6.45) is 6.86. The van der Waals surface area contributed by atoms with Crippen molar-refractivity contribution in [3.8, 4) is 11.5 Å². The van der Waals surface area contributed by atoms with Gasteiger partial charge in [0, 0.05) is 18.5 Å². The molecule has 1 N–H and O–H groups in total. The van der Waals surface area contributed by atoms with E-state index in [1.165, 1.54) is 14.2 Å². The summed E-state index contributed by atoms with van der Waals surface area (Å²) in [6, 6.07) is 3.37. The van der Waals surface area contributed by atoms with E-state index >= 15 is 0 Å². The molecule has 21 heavy (non-hydrogen) atoms. The van der Waals surface area contributed by atoms with E-state index < -0.39 is 5.97 Å². The van der Waals surface area contributed by atoms with Crippen LogP contribution in [0.3, 0.4) is 0 Å². The van der Waals surface area contributed by atoms with E-state index in [2.05, 4.69) is 9.97 Å². The molecule has 0 saturated heterocycles. The van der Waals surface area contributed by atoms with Gasteiger partial charge in [0.1, 0.15) is 22.9 Å². The fourth-order valence-corrected chi connectivity index (χ4v) is 1.88. The summed E-state index contributed by atoms with van der Waals surface area (Å²) < 4.78 is 15.3. The van der Waals surface area contributed by atoms with E-state index in [9.17, 15) is 4.79 Å². The molecule has 0 aliphatic carbocycles. The topological polar surface area (TPSA) is 73.4 Å². The highest BCUT2D eigenvalue weighted by atomic mass is 16.5. The molecule has 0 amide bonds. The molecule has 0 aliphatic rings. The van der Waals surface area contributed by atoms with Gasteiger partial charge in [-0.3, -0.25) is 0 Å². The number of carbonyl (C=O) groups excluding carboxylic acids is 1. The molecule has 0 spiro atoms. The molecule has 0 saturated carbocycles. The van der Waals surface area contributed by atoms with E-state index in [4.69, 9.17) is 14.2 Å². The highest BCUT2D eigenvalue weighted by Gasteiger charge is 2.18. The van der Waals surface area contributed by atoms with Crippen molar-refractivity contribution >= 4 is 18.1 Å². The Morgan fingerprint density at radius 3 is 2.57 bits per heavy atom. The monoisotopic (exact) mass is 288 g/mol. The molecule has 0 unspecified atom stereocenters. The SMILES string of the molecule is COC(=O)c1c(/C=C\c2ncc[nH]2)cc(OC)cc1OC. The van der Waals surface area contributed by atoms with Crippen LogP contribution in [0.1, 0.15) is 21.7 Å². The maximum atomic E-state index is 12.0. The highest BCUT2D eigenvalue weighted by molar-refractivity contribution is 5.98. The molecule has 6 nitrogen and oxygen atoms in total. The van der Waals surface area contributed by atoms with Gasteiger partial charge in [-0.2, -0.15) is 0 Å². The predicted octanol–water partition coefficient (Wildman–Crippen LogP) is 2.38. The number of nitrogens with one attached hydrogen (secondary N) is 1. The molecular formula is C15H16N2O4. The zero-order chi connectivity index (χ0) is 15.2. The predicted molar refractivity (Wildman–Crippen MR) is 78.4 cm³/mol. The highest BCUT2D eigenvalue weighted by Crippen LogP contribution is 2.30. The van der Waals surface area contributed by atoms with E-state index in [0.717, 1.165) is 0 Å². The van der Waals surface area contributed by atoms with Gasteiger partial charge in [0.2, 0.25) is 0 Å². The van der Waals surface area contributed by atoms with Crippen LogP contribution in [0.25, 0.3) is 12.2 Å². The zero-order valence-electron chi connectivity index (χ0n) is 12.0. The van der Waals surface area contributed by atoms with Crippen molar-refractivity contribution in [3.05, 3.63) is 41.5 Å². The van der Waals surface area contributed by atoms with Crippen molar-refractivity contribution in [2.45, 2.75) is 0 Å². The summed E-state index contributed by atoms with van der Waals surface area (Å²) >= 11 is 0. The lowest BCUT2D eigenvalue weighted by molar-refractivity contribution is 0.0597. The number of benzene rings is 1. The number of aromatic nitrogens is 2. The summed E-state index contributed by atoms with van der Waals surface area (Å²) in [7, 11) is 4.36. The van der Waals surface area contributed by atoms with E-state index in [-0.39, 0.29) is 0 Å². The Morgan fingerprint density at radius 2 is 2.00 bits per heavy atom. The third-order valence-electron chi connectivity index (χ3n) is 2.89. The second-order valence-electron chi connectivity index (χ2n) is 4.09. The normalized spacial score (nSPS) is 10.6. The second kappa shape index (κ2) is 6.60. The molecule has 0 bridgehead atoms. The van der Waals surface area contributed by atoms with Crippen LogP contribution in [0.15, 0.2) is 24.5 Å². The number of aromatic amines is 1. The average molecular weight is 288 g/mol. The molecule has 1 aromatic heterocycles. The lowest BCUT2D eigenvalue weighted by Gasteiger charge is -2.12. The van der Waals surface area contributed by atoms with Crippen LogP contribution in [0.2, 0.25) is 0 Å². The number of imidazole rings is 1. The summed E-state index contributed by atoms with van der Waals surface area (Å²) in [6.45, 7) is 0. The molecular weight excluding hydrogens is 272 g/mol. The Hall–Kier alpha value is -2.76. The van der Waals surface area contributed by atoms with Crippen LogP contribution in [-0.2, 0) is 4.74 Å². The zero-order valence-corrected chi connectivity index (χ0v) is 12.0. The maximum Gasteiger partial charge on any atom is 0.342 e. The first-order valence-corrected chi connectivity index (χ1v) is 6.21. The number of H-pyrrole nitrogens is 1. The fourth-order valence-electron chi connectivity index (χ4n) is 1.88. The van der Waals surface area contributed by atoms with Gasteiger partial charge in [-0.15, -0.1) is 0 Å². The van der Waals surface area contributed by atoms with E-state index in [1.807, 2.05) is 0 Å². The van der Waals surface area contributed by atoms with Crippen LogP contribution in [-0.4, -0.2) is 37.3 Å². The van der Waals surface area contributed by atoms with Gasteiger partial charge < -0.3 is 19.2 Å². The largest absolute Gasteiger partial charge is 0.497 e. The quantitative estimate of drug-likeness (QED) is 0.855. The number of nitrogens with zero attached hydrogens (tertiary/aromatic N) is 1. The van der Waals surface area contributed by atoms with Crippen LogP contribution < -0.4 is 9.47 Å². The molecule has 1 aromatic carbocycles. The Bertz CT molecular complexity index is 648. The van der Waals surface area contributed by atoms with Crippen LogP contribution in [0.4, 0.5) is 0 Å². The molecule has 0 fully saturated rings. The summed E-state index contributed by atoms with van der Waals surface area (Å²) in [4.78, 5) is 19.0. The standard InChI is InChI=1S/C15H16N2O4/c1-19-11-8-10(4-5-13-16-6-7-17-13)14(15(18)21-3)12(9-11)20-2/h4-9H,1-3H3,(H,16,17)/b5-4-. The number of ether oxygens (including phenoxy) is 3. The fraction of sp³-hybridized carbons (Fsp3) is 0.200. The number of hydrogen-bond donors (Lipinski definition) is 1. The van der Waals surface area contributed by atoms with E-state index in [1.54, 1.807) is 43.8 Å². The van der Waals surface area contributed by atoms with Gasteiger partial charge >= 0.3 is 5.97 Å². The molecule has 2 aromatic rings. The molecule has 1 heterocycles. The molecule has 0 atom stereocenters. The lowest BCUT2D eigenvalue weighted by Crippen LogP contribution is -2.07. The maximum absolute atomic E-state index is 12.0. The van der Waals surface area contributed by atoms with Crippen molar-refractivity contribution in [1.82, 2.24) is 9.97 Å². The van der Waals surface area contributed by atoms with Crippen molar-refractivity contribution in [1.29, 1.82) is 0 Å². The minimum absolute atomic E-state index is 0.337. The minimum atomic E-state index is -0.478. The van der Waals surface area contributed by atoms with Crippen LogP contribution in [0, 0.1) is 0 Å². The summed E-state index contributed by atoms with van der Waals surface area (Å²) in [5.41, 5.74) is 0.957. The van der Waals surface area contributed by atoms with Crippen molar-refractivity contribution < 1.29 is 19.0 Å². The van der Waals surface area contributed by atoms with Gasteiger partial charge in [-0.1, -0.05) is 6.08 Å². The summed E-state index contributed by atoms with van der Waals surface area (Å²) in [5, 5.41) is 0. The first-order chi connectivity index (χ1) is 10.2. The van der Waals surface area contributed by atoms with Crippen molar-refractivity contribution in [3.63, 3.8) is 0 Å². The second-order valence-corrected chi connectivity index (χ2v) is 4.09. The number of esters is 1. The first kappa shape index (κ1) is 14.6. The first-order valence-electron chi connectivity index (χ1n) is 6.21. The lowest BCUT2D eigenvalue weighted by atomic mass is 10.0. The molecule has 0 radical (unpaired) electrons. The smallest absolute Gasteiger partial charge is 0.342 e. The van der Waals surface area contributed by atoms with Crippen molar-refractivity contribution in [2.24, 2.45) is 0 Å². The molecule has 110 valence electrons. The molecule has 6 heteroatoms. The Labute approximate surface area is 122 Å². The van der Waals surface area contributed by atoms with E-state index in [0.29, 0.717) is 28.5 Å². The molecule has 0 aliphatic heterocycles. The average Bonchev–Trinajstić information content (AvgIpc) is 3.04. The third kappa shape index (κ3) is 3.22. The van der Waals surface area contributed by atoms with Gasteiger partial charge in [0.15, 0.2) is 0 Å². The van der Waals surface area contributed by atoms with Gasteiger partial charge in [-0.05, 0) is 17.7 Å². The van der Waals surface area contributed by atoms with Crippen LogP contribution >= 0.6 is 0 Å². The number of rotatable bonds is 5. The van der Waals surface area contributed by atoms with Gasteiger partial charge in [0.25, 0.3) is 0 Å². The Balaban J connectivity index is 2.52. The Kier molecular flexibility index (Phi) is 4.61. The number of methoxy groups -OCH3 is 3. The molecule has 2 rings (SSSR count). The van der Waals surface area contributed by atoms with Gasteiger partial charge in [-0.25, -0.2) is 9.78 Å². The number of carbonyl (C=O) groups is 1. The van der Waals surface area contributed by atoms with Crippen molar-refractivity contribution in [2.75, 3.05) is 21.3 Å². The number of hydrogen-bond acceptors (Lipinski definition) is 5. The van der Waals surface area contributed by atoms with Crippen LogP contribution in [0.5, 0.6) is 11.5 Å². The third-order valence-corrected chi connectivity index (χ3v) is 2.89. The van der Waals surface area contributed by atoms with Gasteiger partial charge in [0.05, 0.1) is 21.3 Å². The Morgan fingerprint density at radius 1 is 1.19 bits per heavy atom. The minimum Gasteiger partial charge on any atom is -0.497 e.